The molecule has 2 unspecified atom stereocenters. The van der Waals surface area contributed by atoms with Crippen molar-refractivity contribution in [2.45, 2.75) is 44.6 Å². The van der Waals surface area contributed by atoms with E-state index in [-0.39, 0.29) is 0 Å². The van der Waals surface area contributed by atoms with Crippen LogP contribution < -0.4 is 14.8 Å². The second kappa shape index (κ2) is 5.83. The van der Waals surface area contributed by atoms with E-state index in [1.807, 2.05) is 0 Å². The molecule has 2 aliphatic rings. The van der Waals surface area contributed by atoms with Gasteiger partial charge in [0.1, 0.15) is 0 Å². The molecule has 1 saturated carbocycles. The van der Waals surface area contributed by atoms with Crippen LogP contribution in [0.25, 0.3) is 0 Å². The maximum Gasteiger partial charge on any atom is 0.161 e. The zero-order valence-corrected chi connectivity index (χ0v) is 11.7. The lowest BCUT2D eigenvalue weighted by Crippen LogP contribution is -2.25. The average molecular weight is 261 g/mol. The van der Waals surface area contributed by atoms with Gasteiger partial charge in [0, 0.05) is 12.5 Å². The molecule has 3 heteroatoms. The first-order valence-corrected chi connectivity index (χ1v) is 7.49. The molecule has 1 aromatic rings. The molecule has 1 aliphatic carbocycles. The molecule has 0 amide bonds. The SMILES string of the molecule is CCNC1CCC(c2ccc3c(c2)OCCCO3)C1. The molecule has 104 valence electrons. The van der Waals surface area contributed by atoms with Crippen LogP contribution in [-0.4, -0.2) is 25.8 Å². The number of rotatable bonds is 3. The molecular formula is C16H23NO2. The van der Waals surface area contributed by atoms with Gasteiger partial charge in [0.05, 0.1) is 13.2 Å². The molecular weight excluding hydrogens is 238 g/mol. The Balaban J connectivity index is 1.73. The van der Waals surface area contributed by atoms with Crippen LogP contribution >= 0.6 is 0 Å². The Hall–Kier alpha value is -1.22. The van der Waals surface area contributed by atoms with E-state index in [1.54, 1.807) is 0 Å². The zero-order valence-electron chi connectivity index (χ0n) is 11.7. The summed E-state index contributed by atoms with van der Waals surface area (Å²) in [5.74, 6) is 2.51. The first kappa shape index (κ1) is 12.8. The first-order valence-electron chi connectivity index (χ1n) is 7.49. The van der Waals surface area contributed by atoms with Crippen molar-refractivity contribution in [3.63, 3.8) is 0 Å². The van der Waals surface area contributed by atoms with Crippen molar-refractivity contribution in [1.29, 1.82) is 0 Å². The summed E-state index contributed by atoms with van der Waals surface area (Å²) in [7, 11) is 0. The van der Waals surface area contributed by atoms with E-state index in [0.717, 1.165) is 37.7 Å². The van der Waals surface area contributed by atoms with Crippen LogP contribution in [0.5, 0.6) is 11.5 Å². The van der Waals surface area contributed by atoms with Crippen LogP contribution in [0.15, 0.2) is 18.2 Å². The summed E-state index contributed by atoms with van der Waals surface area (Å²) in [6.45, 7) is 4.78. The van der Waals surface area contributed by atoms with Crippen molar-refractivity contribution in [1.82, 2.24) is 5.32 Å². The number of fused-ring (bicyclic) bond motifs is 1. The fourth-order valence-corrected chi connectivity index (χ4v) is 3.19. The summed E-state index contributed by atoms with van der Waals surface area (Å²) >= 11 is 0. The van der Waals surface area contributed by atoms with Gasteiger partial charge in [-0.2, -0.15) is 0 Å². The van der Waals surface area contributed by atoms with Gasteiger partial charge < -0.3 is 14.8 Å². The van der Waals surface area contributed by atoms with E-state index < -0.39 is 0 Å². The Morgan fingerprint density at radius 1 is 1.16 bits per heavy atom. The Bertz CT molecular complexity index is 433. The van der Waals surface area contributed by atoms with E-state index in [2.05, 4.69) is 30.4 Å². The fraction of sp³-hybridized carbons (Fsp3) is 0.625. The Labute approximate surface area is 115 Å². The van der Waals surface area contributed by atoms with E-state index in [4.69, 9.17) is 9.47 Å². The quantitative estimate of drug-likeness (QED) is 0.907. The zero-order chi connectivity index (χ0) is 13.1. The van der Waals surface area contributed by atoms with Crippen LogP contribution in [-0.2, 0) is 0 Å². The van der Waals surface area contributed by atoms with Crippen LogP contribution in [0.2, 0.25) is 0 Å². The van der Waals surface area contributed by atoms with E-state index in [0.29, 0.717) is 12.0 Å². The Morgan fingerprint density at radius 3 is 2.84 bits per heavy atom. The maximum atomic E-state index is 5.78. The molecule has 1 fully saturated rings. The minimum atomic E-state index is 0.668. The number of ether oxygens (including phenoxy) is 2. The predicted molar refractivity (Wildman–Crippen MR) is 76.1 cm³/mol. The summed E-state index contributed by atoms with van der Waals surface area (Å²) in [5, 5.41) is 3.56. The van der Waals surface area contributed by atoms with Gasteiger partial charge >= 0.3 is 0 Å². The minimum absolute atomic E-state index is 0.668. The standard InChI is InChI=1S/C16H23NO2/c1-2-17-14-6-4-12(10-14)13-5-7-15-16(11-13)19-9-3-8-18-15/h5,7,11-12,14,17H,2-4,6,8-10H2,1H3. The topological polar surface area (TPSA) is 30.5 Å². The molecule has 3 rings (SSSR count). The maximum absolute atomic E-state index is 5.78. The second-order valence-electron chi connectivity index (χ2n) is 5.52. The highest BCUT2D eigenvalue weighted by Gasteiger charge is 2.26. The van der Waals surface area contributed by atoms with Crippen molar-refractivity contribution >= 4 is 0 Å². The van der Waals surface area contributed by atoms with Crippen molar-refractivity contribution in [3.05, 3.63) is 23.8 Å². The van der Waals surface area contributed by atoms with Gasteiger partial charge in [-0.1, -0.05) is 13.0 Å². The number of hydrogen-bond donors (Lipinski definition) is 1. The van der Waals surface area contributed by atoms with Crippen LogP contribution in [0.3, 0.4) is 0 Å². The second-order valence-corrected chi connectivity index (χ2v) is 5.52. The monoisotopic (exact) mass is 261 g/mol. The summed E-state index contributed by atoms with van der Waals surface area (Å²) in [5.41, 5.74) is 1.41. The van der Waals surface area contributed by atoms with Crippen LogP contribution in [0.4, 0.5) is 0 Å². The van der Waals surface area contributed by atoms with E-state index in [9.17, 15) is 0 Å². The molecule has 19 heavy (non-hydrogen) atoms. The molecule has 3 nitrogen and oxygen atoms in total. The molecule has 0 radical (unpaired) electrons. The largest absolute Gasteiger partial charge is 0.490 e. The summed E-state index contributed by atoms with van der Waals surface area (Å²) in [6.07, 6.45) is 4.77. The van der Waals surface area contributed by atoms with Gasteiger partial charge in [0.15, 0.2) is 11.5 Å². The third-order valence-corrected chi connectivity index (χ3v) is 4.17. The lowest BCUT2D eigenvalue weighted by Gasteiger charge is -2.15. The highest BCUT2D eigenvalue weighted by atomic mass is 16.5. The number of nitrogens with one attached hydrogen (secondary N) is 1. The summed E-state index contributed by atoms with van der Waals surface area (Å²) in [4.78, 5) is 0. The van der Waals surface area contributed by atoms with Gasteiger partial charge in [0.25, 0.3) is 0 Å². The van der Waals surface area contributed by atoms with Crippen molar-refractivity contribution in [2.24, 2.45) is 0 Å². The lowest BCUT2D eigenvalue weighted by atomic mass is 9.97. The van der Waals surface area contributed by atoms with E-state index in [1.165, 1.54) is 24.8 Å². The molecule has 1 N–H and O–H groups in total. The van der Waals surface area contributed by atoms with Gasteiger partial charge in [-0.15, -0.1) is 0 Å². The predicted octanol–water partition coefficient (Wildman–Crippen LogP) is 3.09. The molecule has 0 bridgehead atoms. The van der Waals surface area contributed by atoms with Crippen molar-refractivity contribution in [2.75, 3.05) is 19.8 Å². The van der Waals surface area contributed by atoms with Gasteiger partial charge in [0.2, 0.25) is 0 Å². The van der Waals surface area contributed by atoms with Crippen LogP contribution in [0, 0.1) is 0 Å². The molecule has 1 aromatic carbocycles. The van der Waals surface area contributed by atoms with Gasteiger partial charge in [-0.05, 0) is 49.4 Å². The minimum Gasteiger partial charge on any atom is -0.490 e. The highest BCUT2D eigenvalue weighted by molar-refractivity contribution is 5.44. The first-order chi connectivity index (χ1) is 9.36. The average Bonchev–Trinajstić information content (AvgIpc) is 2.76. The van der Waals surface area contributed by atoms with Gasteiger partial charge in [-0.25, -0.2) is 0 Å². The third-order valence-electron chi connectivity index (χ3n) is 4.17. The number of hydrogen-bond acceptors (Lipinski definition) is 3. The Kier molecular flexibility index (Phi) is 3.92. The highest BCUT2D eigenvalue weighted by Crippen LogP contribution is 2.39. The summed E-state index contributed by atoms with van der Waals surface area (Å²) < 4.78 is 11.5. The van der Waals surface area contributed by atoms with Crippen LogP contribution in [0.1, 0.15) is 44.1 Å². The number of benzene rings is 1. The van der Waals surface area contributed by atoms with E-state index >= 15 is 0 Å². The lowest BCUT2D eigenvalue weighted by molar-refractivity contribution is 0.297. The molecule has 1 aliphatic heterocycles. The smallest absolute Gasteiger partial charge is 0.161 e. The molecule has 0 spiro atoms. The molecule has 2 atom stereocenters. The van der Waals surface area contributed by atoms with Crippen molar-refractivity contribution in [3.8, 4) is 11.5 Å². The third kappa shape index (κ3) is 2.86. The molecule has 0 aromatic heterocycles. The Morgan fingerprint density at radius 2 is 2.00 bits per heavy atom. The molecule has 1 heterocycles. The summed E-state index contributed by atoms with van der Waals surface area (Å²) in [6, 6.07) is 7.17. The van der Waals surface area contributed by atoms with Gasteiger partial charge in [-0.3, -0.25) is 0 Å². The normalized spacial score (nSPS) is 26.2. The fourth-order valence-electron chi connectivity index (χ4n) is 3.19. The van der Waals surface area contributed by atoms with Crippen molar-refractivity contribution < 1.29 is 9.47 Å². The molecule has 0 saturated heterocycles.